The van der Waals surface area contributed by atoms with Crippen LogP contribution >= 0.6 is 0 Å². The summed E-state index contributed by atoms with van der Waals surface area (Å²) in [6, 6.07) is 4.68. The summed E-state index contributed by atoms with van der Waals surface area (Å²) in [5.41, 5.74) is 0.444. The monoisotopic (exact) mass is 300 g/mol. The van der Waals surface area contributed by atoms with Crippen molar-refractivity contribution in [1.29, 1.82) is 0 Å². The van der Waals surface area contributed by atoms with Crippen LogP contribution in [0.25, 0.3) is 0 Å². The minimum Gasteiger partial charge on any atom is -0.374 e. The summed E-state index contributed by atoms with van der Waals surface area (Å²) in [5.74, 6) is 0.648. The highest BCUT2D eigenvalue weighted by Gasteiger charge is 2.34. The highest BCUT2D eigenvalue weighted by molar-refractivity contribution is 5.51. The molecule has 1 aliphatic carbocycles. The van der Waals surface area contributed by atoms with Crippen LogP contribution in [0.4, 0.5) is 18.9 Å². The van der Waals surface area contributed by atoms with Crippen LogP contribution in [0.1, 0.15) is 37.3 Å². The van der Waals surface area contributed by atoms with Gasteiger partial charge in [-0.25, -0.2) is 0 Å². The van der Waals surface area contributed by atoms with Gasteiger partial charge >= 0.3 is 6.18 Å². The summed E-state index contributed by atoms with van der Waals surface area (Å²) < 4.78 is 39.7. The van der Waals surface area contributed by atoms with Gasteiger partial charge in [0, 0.05) is 25.8 Å². The molecule has 0 heterocycles. The summed E-state index contributed by atoms with van der Waals surface area (Å²) >= 11 is 0. The van der Waals surface area contributed by atoms with Crippen molar-refractivity contribution in [1.82, 2.24) is 5.32 Å². The largest absolute Gasteiger partial charge is 0.416 e. The molecular weight excluding hydrogens is 277 g/mol. The summed E-state index contributed by atoms with van der Waals surface area (Å²) in [6.07, 6.45) is -1.02. The van der Waals surface area contributed by atoms with Crippen molar-refractivity contribution in [3.05, 3.63) is 29.3 Å². The van der Waals surface area contributed by atoms with Gasteiger partial charge in [0.15, 0.2) is 0 Å². The number of halogens is 3. The van der Waals surface area contributed by atoms with E-state index in [0.717, 1.165) is 19.5 Å². The van der Waals surface area contributed by atoms with Crippen LogP contribution in [0.5, 0.6) is 0 Å². The van der Waals surface area contributed by atoms with Crippen molar-refractivity contribution in [2.45, 2.75) is 38.9 Å². The molecule has 21 heavy (non-hydrogen) atoms. The molecule has 0 saturated heterocycles. The van der Waals surface area contributed by atoms with Gasteiger partial charge in [0.05, 0.1) is 5.56 Å². The predicted octanol–water partition coefficient (Wildman–Crippen LogP) is 4.05. The van der Waals surface area contributed by atoms with Gasteiger partial charge in [-0.3, -0.25) is 0 Å². The first-order chi connectivity index (χ1) is 9.91. The van der Waals surface area contributed by atoms with E-state index in [9.17, 15) is 13.2 Å². The lowest BCUT2D eigenvalue weighted by Gasteiger charge is -2.22. The molecule has 0 radical (unpaired) electrons. The van der Waals surface area contributed by atoms with E-state index < -0.39 is 11.7 Å². The van der Waals surface area contributed by atoms with Crippen LogP contribution < -0.4 is 10.2 Å². The third-order valence-corrected chi connectivity index (χ3v) is 3.81. The Hall–Kier alpha value is -1.23. The van der Waals surface area contributed by atoms with Gasteiger partial charge in [0.2, 0.25) is 0 Å². The highest BCUT2D eigenvalue weighted by Crippen LogP contribution is 2.36. The Balaban J connectivity index is 2.17. The van der Waals surface area contributed by atoms with Crippen LogP contribution in [-0.4, -0.2) is 20.1 Å². The zero-order chi connectivity index (χ0) is 15.5. The van der Waals surface area contributed by atoms with Crippen molar-refractivity contribution in [2.75, 3.05) is 25.0 Å². The number of hydrogen-bond acceptors (Lipinski definition) is 2. The topological polar surface area (TPSA) is 15.3 Å². The van der Waals surface area contributed by atoms with Crippen molar-refractivity contribution >= 4 is 5.69 Å². The van der Waals surface area contributed by atoms with Crippen molar-refractivity contribution < 1.29 is 13.2 Å². The Kier molecular flexibility index (Phi) is 5.14. The molecule has 1 N–H and O–H groups in total. The molecule has 1 aromatic rings. The van der Waals surface area contributed by atoms with Crippen LogP contribution in [0, 0.1) is 5.92 Å². The van der Waals surface area contributed by atoms with E-state index in [-0.39, 0.29) is 6.54 Å². The number of hydrogen-bond donors (Lipinski definition) is 1. The molecule has 1 saturated carbocycles. The molecule has 0 aliphatic heterocycles. The Morgan fingerprint density at radius 3 is 2.57 bits per heavy atom. The maximum absolute atomic E-state index is 13.2. The van der Waals surface area contributed by atoms with E-state index in [1.54, 1.807) is 12.1 Å². The molecule has 2 rings (SSSR count). The zero-order valence-corrected chi connectivity index (χ0v) is 12.6. The van der Waals surface area contributed by atoms with Gasteiger partial charge in [-0.2, -0.15) is 13.2 Å². The SMILES string of the molecule is CCCNCc1ccc(N(C)CC2CC2)cc1C(F)(F)F. The van der Waals surface area contributed by atoms with Gasteiger partial charge in [0.25, 0.3) is 0 Å². The van der Waals surface area contributed by atoms with Gasteiger partial charge in [0.1, 0.15) is 0 Å². The van der Waals surface area contributed by atoms with E-state index in [1.807, 2.05) is 18.9 Å². The first-order valence-electron chi connectivity index (χ1n) is 7.53. The molecule has 1 aromatic carbocycles. The third-order valence-electron chi connectivity index (χ3n) is 3.81. The molecule has 2 nitrogen and oxygen atoms in total. The number of benzene rings is 1. The van der Waals surface area contributed by atoms with E-state index >= 15 is 0 Å². The number of anilines is 1. The lowest BCUT2D eigenvalue weighted by Crippen LogP contribution is -2.22. The molecule has 0 bridgehead atoms. The highest BCUT2D eigenvalue weighted by atomic mass is 19.4. The predicted molar refractivity (Wildman–Crippen MR) is 79.4 cm³/mol. The second-order valence-electron chi connectivity index (χ2n) is 5.84. The molecule has 1 fully saturated rings. The smallest absolute Gasteiger partial charge is 0.374 e. The average molecular weight is 300 g/mol. The Bertz CT molecular complexity index is 467. The van der Waals surface area contributed by atoms with Crippen LogP contribution in [0.2, 0.25) is 0 Å². The van der Waals surface area contributed by atoms with Crippen molar-refractivity contribution in [3.8, 4) is 0 Å². The molecule has 5 heteroatoms. The first-order valence-corrected chi connectivity index (χ1v) is 7.53. The number of rotatable bonds is 7. The summed E-state index contributed by atoms with van der Waals surface area (Å²) in [4.78, 5) is 1.93. The minimum atomic E-state index is -4.31. The normalized spacial score (nSPS) is 15.3. The zero-order valence-electron chi connectivity index (χ0n) is 12.6. The van der Waals surface area contributed by atoms with E-state index in [4.69, 9.17) is 0 Å². The fourth-order valence-electron chi connectivity index (χ4n) is 2.41. The quantitative estimate of drug-likeness (QED) is 0.764. The maximum Gasteiger partial charge on any atom is 0.416 e. The standard InChI is InChI=1S/C16H23F3N2/c1-3-8-20-10-13-6-7-14(9-15(13)16(17,18)19)21(2)11-12-4-5-12/h6-7,9,12,20H,3-5,8,10-11H2,1-2H3. The third kappa shape index (κ3) is 4.63. The Labute approximate surface area is 124 Å². The van der Waals surface area contributed by atoms with Gasteiger partial charge in [-0.05, 0) is 49.4 Å². The molecular formula is C16H23F3N2. The molecule has 0 spiro atoms. The van der Waals surface area contributed by atoms with Crippen LogP contribution in [-0.2, 0) is 12.7 Å². The summed E-state index contributed by atoms with van der Waals surface area (Å²) in [5, 5.41) is 3.04. The van der Waals surface area contributed by atoms with Crippen molar-refractivity contribution in [3.63, 3.8) is 0 Å². The fraction of sp³-hybridized carbons (Fsp3) is 0.625. The number of alkyl halides is 3. The summed E-state index contributed by atoms with van der Waals surface area (Å²) in [6.45, 7) is 3.81. The van der Waals surface area contributed by atoms with Crippen molar-refractivity contribution in [2.24, 2.45) is 5.92 Å². The van der Waals surface area contributed by atoms with E-state index in [2.05, 4.69) is 5.32 Å². The number of nitrogens with one attached hydrogen (secondary N) is 1. The minimum absolute atomic E-state index is 0.259. The van der Waals surface area contributed by atoms with Crippen LogP contribution in [0.3, 0.4) is 0 Å². The Morgan fingerprint density at radius 1 is 1.29 bits per heavy atom. The Morgan fingerprint density at radius 2 is 2.00 bits per heavy atom. The van der Waals surface area contributed by atoms with Gasteiger partial charge in [-0.15, -0.1) is 0 Å². The summed E-state index contributed by atoms with van der Waals surface area (Å²) in [7, 11) is 1.86. The molecule has 0 amide bonds. The first kappa shape index (κ1) is 16.1. The molecule has 0 atom stereocenters. The van der Waals surface area contributed by atoms with E-state index in [0.29, 0.717) is 17.2 Å². The molecule has 118 valence electrons. The average Bonchev–Trinajstić information content (AvgIpc) is 3.22. The second kappa shape index (κ2) is 6.69. The van der Waals surface area contributed by atoms with Gasteiger partial charge < -0.3 is 10.2 Å². The van der Waals surface area contributed by atoms with Crippen LogP contribution in [0.15, 0.2) is 18.2 Å². The molecule has 0 unspecified atom stereocenters. The lowest BCUT2D eigenvalue weighted by atomic mass is 10.1. The molecule has 0 aromatic heterocycles. The number of nitrogens with zero attached hydrogens (tertiary/aromatic N) is 1. The molecule has 1 aliphatic rings. The van der Waals surface area contributed by atoms with Gasteiger partial charge in [-0.1, -0.05) is 13.0 Å². The van der Waals surface area contributed by atoms with E-state index in [1.165, 1.54) is 18.9 Å². The lowest BCUT2D eigenvalue weighted by molar-refractivity contribution is -0.138. The second-order valence-corrected chi connectivity index (χ2v) is 5.84. The maximum atomic E-state index is 13.2. The fourth-order valence-corrected chi connectivity index (χ4v) is 2.41.